The Hall–Kier alpha value is -2.40. The Labute approximate surface area is 145 Å². The number of ether oxygens (including phenoxy) is 1. The van der Waals surface area contributed by atoms with Gasteiger partial charge in [0.1, 0.15) is 5.75 Å². The summed E-state index contributed by atoms with van der Waals surface area (Å²) in [6, 6.07) is 16.2. The Morgan fingerprint density at radius 2 is 1.92 bits per heavy atom. The molecule has 0 saturated heterocycles. The lowest BCUT2D eigenvalue weighted by molar-refractivity contribution is 0.309. The minimum atomic E-state index is 0.766. The van der Waals surface area contributed by atoms with Gasteiger partial charge in [-0.05, 0) is 48.4 Å². The predicted molar refractivity (Wildman–Crippen MR) is 101 cm³/mol. The number of nitrogens with zero attached hydrogens (tertiary/aromatic N) is 3. The van der Waals surface area contributed by atoms with Crippen molar-refractivity contribution in [2.24, 2.45) is 17.3 Å². The van der Waals surface area contributed by atoms with Gasteiger partial charge in [-0.15, -0.1) is 5.10 Å². The molecule has 1 heterocycles. The molecule has 3 aromatic rings. The van der Waals surface area contributed by atoms with E-state index in [1.807, 2.05) is 43.4 Å². The van der Waals surface area contributed by atoms with E-state index in [1.54, 1.807) is 17.6 Å². The predicted octanol–water partition coefficient (Wildman–Crippen LogP) is 4.35. The molecule has 0 aliphatic carbocycles. The van der Waals surface area contributed by atoms with Crippen molar-refractivity contribution in [2.45, 2.75) is 19.8 Å². The summed E-state index contributed by atoms with van der Waals surface area (Å²) in [5.74, 6) is 0.897. The molecule has 24 heavy (non-hydrogen) atoms. The molecule has 1 aromatic heterocycles. The van der Waals surface area contributed by atoms with Crippen molar-refractivity contribution in [1.29, 1.82) is 0 Å². The number of para-hydroxylation sites is 1. The van der Waals surface area contributed by atoms with Crippen LogP contribution in [0.5, 0.6) is 5.75 Å². The first-order valence-electron chi connectivity index (χ1n) is 8.12. The molecule has 0 aliphatic heterocycles. The van der Waals surface area contributed by atoms with Crippen LogP contribution in [0.4, 0.5) is 0 Å². The Morgan fingerprint density at radius 3 is 2.67 bits per heavy atom. The normalized spacial score (nSPS) is 12.3. The Balaban J connectivity index is 1.72. The lowest BCUT2D eigenvalue weighted by atomic mass is 10.2. The number of aromatic nitrogens is 1. The van der Waals surface area contributed by atoms with Crippen LogP contribution in [-0.2, 0) is 7.05 Å². The molecule has 0 N–H and O–H groups in total. The molecule has 0 unspecified atom stereocenters. The summed E-state index contributed by atoms with van der Waals surface area (Å²) >= 11 is 1.64. The van der Waals surface area contributed by atoms with Crippen LogP contribution in [0.25, 0.3) is 10.2 Å². The summed E-state index contributed by atoms with van der Waals surface area (Å²) in [6.45, 7) is 2.92. The molecule has 0 atom stereocenters. The number of hydrogen-bond acceptors (Lipinski definition) is 4. The van der Waals surface area contributed by atoms with Crippen LogP contribution < -0.4 is 9.54 Å². The molecule has 0 radical (unpaired) electrons. The summed E-state index contributed by atoms with van der Waals surface area (Å²) in [7, 11) is 2.01. The zero-order chi connectivity index (χ0) is 16.8. The van der Waals surface area contributed by atoms with Crippen LogP contribution in [0.1, 0.15) is 25.3 Å². The zero-order valence-electron chi connectivity index (χ0n) is 14.0. The second-order valence-electron chi connectivity index (χ2n) is 5.53. The quantitative estimate of drug-likeness (QED) is 0.374. The number of benzene rings is 2. The van der Waals surface area contributed by atoms with Gasteiger partial charge in [-0.2, -0.15) is 5.10 Å². The highest BCUT2D eigenvalue weighted by Gasteiger charge is 2.00. The third-order valence-corrected chi connectivity index (χ3v) is 4.81. The lowest BCUT2D eigenvalue weighted by Gasteiger charge is -2.04. The maximum absolute atomic E-state index is 5.65. The van der Waals surface area contributed by atoms with Gasteiger partial charge in [0.15, 0.2) is 0 Å². The second kappa shape index (κ2) is 7.93. The highest BCUT2D eigenvalue weighted by Crippen LogP contribution is 2.15. The lowest BCUT2D eigenvalue weighted by Crippen LogP contribution is -2.08. The highest BCUT2D eigenvalue weighted by molar-refractivity contribution is 7.16. The fraction of sp³-hybridized carbons (Fsp3) is 0.263. The van der Waals surface area contributed by atoms with Crippen LogP contribution in [0, 0.1) is 0 Å². The molecule has 124 valence electrons. The van der Waals surface area contributed by atoms with E-state index in [9.17, 15) is 0 Å². The van der Waals surface area contributed by atoms with E-state index < -0.39 is 0 Å². The average Bonchev–Trinajstić information content (AvgIpc) is 2.93. The minimum absolute atomic E-state index is 0.766. The highest BCUT2D eigenvalue weighted by atomic mass is 32.1. The number of fused-ring (bicyclic) bond motifs is 1. The number of hydrogen-bond donors (Lipinski definition) is 0. The van der Waals surface area contributed by atoms with Crippen molar-refractivity contribution >= 4 is 27.8 Å². The first-order valence-corrected chi connectivity index (χ1v) is 8.94. The van der Waals surface area contributed by atoms with Gasteiger partial charge in [-0.3, -0.25) is 0 Å². The van der Waals surface area contributed by atoms with E-state index in [1.165, 1.54) is 10.2 Å². The smallest absolute Gasteiger partial charge is 0.211 e. The first kappa shape index (κ1) is 16.5. The van der Waals surface area contributed by atoms with Gasteiger partial charge in [0.25, 0.3) is 0 Å². The molecule has 0 fully saturated rings. The van der Waals surface area contributed by atoms with E-state index in [0.29, 0.717) is 0 Å². The van der Waals surface area contributed by atoms with Crippen LogP contribution in [0.2, 0.25) is 0 Å². The van der Waals surface area contributed by atoms with Gasteiger partial charge >= 0.3 is 0 Å². The third-order valence-electron chi connectivity index (χ3n) is 3.71. The fourth-order valence-electron chi connectivity index (χ4n) is 2.31. The Kier molecular flexibility index (Phi) is 5.43. The summed E-state index contributed by atoms with van der Waals surface area (Å²) in [4.78, 5) is 0.881. The maximum Gasteiger partial charge on any atom is 0.211 e. The van der Waals surface area contributed by atoms with E-state index in [2.05, 4.69) is 33.8 Å². The molecule has 3 rings (SSSR count). The van der Waals surface area contributed by atoms with Crippen molar-refractivity contribution in [3.63, 3.8) is 0 Å². The fourth-order valence-corrected chi connectivity index (χ4v) is 3.28. The van der Waals surface area contributed by atoms with E-state index >= 15 is 0 Å². The largest absolute Gasteiger partial charge is 0.494 e. The van der Waals surface area contributed by atoms with Crippen molar-refractivity contribution in [3.8, 4) is 5.75 Å². The van der Waals surface area contributed by atoms with Gasteiger partial charge in [-0.25, -0.2) is 0 Å². The van der Waals surface area contributed by atoms with Crippen molar-refractivity contribution in [2.75, 3.05) is 6.61 Å². The Morgan fingerprint density at radius 1 is 1.12 bits per heavy atom. The molecule has 2 aromatic carbocycles. The molecule has 0 amide bonds. The minimum Gasteiger partial charge on any atom is -0.494 e. The summed E-state index contributed by atoms with van der Waals surface area (Å²) in [6.07, 6.45) is 3.98. The Bertz CT molecular complexity index is 891. The van der Waals surface area contributed by atoms with Gasteiger partial charge in [-0.1, -0.05) is 36.8 Å². The maximum atomic E-state index is 5.65. The number of unbranched alkanes of at least 4 members (excludes halogenated alkanes) is 1. The molecule has 4 nitrogen and oxygen atoms in total. The molecule has 5 heteroatoms. The summed E-state index contributed by atoms with van der Waals surface area (Å²) in [5, 5.41) is 8.56. The molecule has 0 bridgehead atoms. The summed E-state index contributed by atoms with van der Waals surface area (Å²) in [5.41, 5.74) is 2.18. The van der Waals surface area contributed by atoms with Gasteiger partial charge < -0.3 is 9.30 Å². The van der Waals surface area contributed by atoms with Crippen molar-refractivity contribution in [1.82, 2.24) is 4.57 Å². The van der Waals surface area contributed by atoms with Gasteiger partial charge in [0.05, 0.1) is 23.0 Å². The van der Waals surface area contributed by atoms with Crippen LogP contribution in [0.15, 0.2) is 58.7 Å². The third kappa shape index (κ3) is 3.92. The van der Waals surface area contributed by atoms with Crippen LogP contribution >= 0.6 is 11.3 Å². The van der Waals surface area contributed by atoms with Crippen molar-refractivity contribution in [3.05, 3.63) is 58.9 Å². The molecule has 0 spiro atoms. The van der Waals surface area contributed by atoms with Crippen molar-refractivity contribution < 1.29 is 4.74 Å². The molecular formula is C19H21N3OS. The standard InChI is InChI=1S/C19H21N3OS/c1-3-4-13-23-16-11-9-15(10-12-16)14-20-21-19-22(2)17-7-5-6-8-18(17)24-19/h5-12,14H,3-4,13H2,1-2H3/b20-14-,21-19-. The van der Waals surface area contributed by atoms with Gasteiger partial charge in [0.2, 0.25) is 4.80 Å². The zero-order valence-corrected chi connectivity index (χ0v) is 14.8. The summed E-state index contributed by atoms with van der Waals surface area (Å²) < 4.78 is 8.92. The molecule has 0 aliphatic rings. The van der Waals surface area contributed by atoms with Crippen LogP contribution in [0.3, 0.4) is 0 Å². The number of thiazole rings is 1. The van der Waals surface area contributed by atoms with E-state index in [-0.39, 0.29) is 0 Å². The average molecular weight is 339 g/mol. The van der Waals surface area contributed by atoms with E-state index in [4.69, 9.17) is 4.74 Å². The first-order chi connectivity index (χ1) is 11.8. The number of rotatable bonds is 6. The topological polar surface area (TPSA) is 38.9 Å². The molecular weight excluding hydrogens is 318 g/mol. The number of aryl methyl sites for hydroxylation is 1. The van der Waals surface area contributed by atoms with Gasteiger partial charge in [0, 0.05) is 7.05 Å². The molecule has 0 saturated carbocycles. The van der Waals surface area contributed by atoms with E-state index in [0.717, 1.165) is 35.6 Å². The van der Waals surface area contributed by atoms with Crippen LogP contribution in [-0.4, -0.2) is 17.4 Å². The SMILES string of the molecule is CCCCOc1ccc(/C=N\N=c2/sc3ccccc3n2C)cc1. The monoisotopic (exact) mass is 339 g/mol. The second-order valence-corrected chi connectivity index (χ2v) is 6.54.